The molecule has 7 nitrogen and oxygen atoms in total. The maximum atomic E-state index is 12.7. The van der Waals surface area contributed by atoms with E-state index in [1.165, 1.54) is 18.1 Å². The molecule has 0 unspecified atom stereocenters. The third kappa shape index (κ3) is 4.12. The molecule has 7 heteroatoms. The number of amides is 1. The van der Waals surface area contributed by atoms with E-state index in [-0.39, 0.29) is 5.56 Å². The van der Waals surface area contributed by atoms with Gasteiger partial charge in [-0.05, 0) is 18.2 Å². The van der Waals surface area contributed by atoms with Crippen LogP contribution in [0, 0.1) is 0 Å². The molecule has 0 saturated carbocycles. The number of hydrogen-bond donors (Lipinski definition) is 0. The lowest BCUT2D eigenvalue weighted by molar-refractivity contribution is 0.0623. The van der Waals surface area contributed by atoms with Crippen molar-refractivity contribution in [3.8, 4) is 5.75 Å². The van der Waals surface area contributed by atoms with Crippen molar-refractivity contribution in [1.82, 2.24) is 4.90 Å². The SMILES string of the molecule is COCCN(CCOC)C(=O)c1cc2ccc(OC)cc2oc1=O. The van der Waals surface area contributed by atoms with Gasteiger partial charge in [0.1, 0.15) is 16.9 Å². The molecule has 2 aromatic rings. The molecule has 130 valence electrons. The van der Waals surface area contributed by atoms with Gasteiger partial charge in [0.25, 0.3) is 5.91 Å². The van der Waals surface area contributed by atoms with Gasteiger partial charge >= 0.3 is 5.63 Å². The Bertz CT molecular complexity index is 746. The third-order valence-corrected chi connectivity index (χ3v) is 3.59. The minimum atomic E-state index is -0.680. The molecule has 0 atom stereocenters. The first kappa shape index (κ1) is 18.0. The van der Waals surface area contributed by atoms with Gasteiger partial charge in [-0.2, -0.15) is 0 Å². The van der Waals surface area contributed by atoms with Crippen molar-refractivity contribution in [3.63, 3.8) is 0 Å². The van der Waals surface area contributed by atoms with Crippen LogP contribution >= 0.6 is 0 Å². The minimum absolute atomic E-state index is 0.0140. The van der Waals surface area contributed by atoms with E-state index in [2.05, 4.69) is 0 Å². The molecule has 0 spiro atoms. The molecule has 0 aliphatic carbocycles. The lowest BCUT2D eigenvalue weighted by Crippen LogP contribution is -2.38. The predicted octanol–water partition coefficient (Wildman–Crippen LogP) is 1.54. The average Bonchev–Trinajstić information content (AvgIpc) is 2.60. The Hall–Kier alpha value is -2.38. The van der Waals surface area contributed by atoms with Gasteiger partial charge in [-0.15, -0.1) is 0 Å². The van der Waals surface area contributed by atoms with Gasteiger partial charge in [-0.1, -0.05) is 0 Å². The molecule has 0 bridgehead atoms. The van der Waals surface area contributed by atoms with Crippen LogP contribution in [0.3, 0.4) is 0 Å². The Labute approximate surface area is 139 Å². The second-order valence-corrected chi connectivity index (χ2v) is 5.13. The molecule has 0 N–H and O–H groups in total. The van der Waals surface area contributed by atoms with E-state index in [1.54, 1.807) is 32.4 Å². The Morgan fingerprint density at radius 2 is 1.75 bits per heavy atom. The lowest BCUT2D eigenvalue weighted by atomic mass is 10.1. The molecule has 0 radical (unpaired) electrons. The molecular formula is C17H21NO6. The number of carbonyl (C=O) groups excluding carboxylic acids is 1. The number of methoxy groups -OCH3 is 3. The quantitative estimate of drug-likeness (QED) is 0.681. The fourth-order valence-electron chi connectivity index (χ4n) is 2.26. The molecular weight excluding hydrogens is 314 g/mol. The maximum Gasteiger partial charge on any atom is 0.349 e. The number of carbonyl (C=O) groups is 1. The number of ether oxygens (including phenoxy) is 3. The predicted molar refractivity (Wildman–Crippen MR) is 88.7 cm³/mol. The summed E-state index contributed by atoms with van der Waals surface area (Å²) in [7, 11) is 4.63. The zero-order valence-electron chi connectivity index (χ0n) is 14.0. The lowest BCUT2D eigenvalue weighted by Gasteiger charge is -2.21. The smallest absolute Gasteiger partial charge is 0.349 e. The van der Waals surface area contributed by atoms with Crippen LogP contribution in [0.4, 0.5) is 0 Å². The molecule has 2 rings (SSSR count). The van der Waals surface area contributed by atoms with Crippen LogP contribution in [0.1, 0.15) is 10.4 Å². The monoisotopic (exact) mass is 335 g/mol. The summed E-state index contributed by atoms with van der Waals surface area (Å²) >= 11 is 0. The fourth-order valence-corrected chi connectivity index (χ4v) is 2.26. The van der Waals surface area contributed by atoms with Gasteiger partial charge in [0.15, 0.2) is 0 Å². The van der Waals surface area contributed by atoms with E-state index < -0.39 is 11.5 Å². The van der Waals surface area contributed by atoms with E-state index in [4.69, 9.17) is 18.6 Å². The van der Waals surface area contributed by atoms with Crippen LogP contribution in [-0.2, 0) is 9.47 Å². The molecule has 0 fully saturated rings. The van der Waals surface area contributed by atoms with Gasteiger partial charge in [0, 0.05) is 38.8 Å². The zero-order valence-corrected chi connectivity index (χ0v) is 14.0. The molecule has 1 aromatic heterocycles. The first-order valence-electron chi connectivity index (χ1n) is 7.49. The van der Waals surface area contributed by atoms with Gasteiger partial charge in [0.2, 0.25) is 0 Å². The van der Waals surface area contributed by atoms with E-state index in [0.29, 0.717) is 43.0 Å². The zero-order chi connectivity index (χ0) is 17.5. The van der Waals surface area contributed by atoms with E-state index >= 15 is 0 Å². The molecule has 24 heavy (non-hydrogen) atoms. The summed E-state index contributed by atoms with van der Waals surface area (Å²) < 4.78 is 20.4. The van der Waals surface area contributed by atoms with Crippen molar-refractivity contribution in [3.05, 3.63) is 40.2 Å². The molecule has 1 amide bonds. The Morgan fingerprint density at radius 1 is 1.08 bits per heavy atom. The summed E-state index contributed by atoms with van der Waals surface area (Å²) in [4.78, 5) is 26.4. The van der Waals surface area contributed by atoms with Gasteiger partial charge in [-0.25, -0.2) is 4.79 Å². The summed E-state index contributed by atoms with van der Waals surface area (Å²) in [5, 5.41) is 0.650. The van der Waals surface area contributed by atoms with Crippen molar-refractivity contribution >= 4 is 16.9 Å². The van der Waals surface area contributed by atoms with Crippen LogP contribution in [0.2, 0.25) is 0 Å². The van der Waals surface area contributed by atoms with Gasteiger partial charge in [0.05, 0.1) is 20.3 Å². The van der Waals surface area contributed by atoms with Gasteiger partial charge in [-0.3, -0.25) is 4.79 Å². The first-order chi connectivity index (χ1) is 11.6. The highest BCUT2D eigenvalue weighted by atomic mass is 16.5. The molecule has 0 aliphatic heterocycles. The summed E-state index contributed by atoms with van der Waals surface area (Å²) in [6.45, 7) is 1.45. The summed E-state index contributed by atoms with van der Waals surface area (Å²) in [5.41, 5.74) is -0.323. The van der Waals surface area contributed by atoms with Gasteiger partial charge < -0.3 is 23.5 Å². The number of rotatable bonds is 8. The van der Waals surface area contributed by atoms with Crippen molar-refractivity contribution in [2.75, 3.05) is 47.6 Å². The summed E-state index contributed by atoms with van der Waals surface area (Å²) in [5.74, 6) is 0.169. The molecule has 1 aromatic carbocycles. The number of hydrogen-bond acceptors (Lipinski definition) is 6. The fraction of sp³-hybridized carbons (Fsp3) is 0.412. The second kappa shape index (κ2) is 8.47. The standard InChI is InChI=1S/C17H21NO6/c1-21-8-6-18(7-9-22-2)16(19)14-10-12-4-5-13(23-3)11-15(12)24-17(14)20/h4-5,10-11H,6-9H2,1-3H3. The number of fused-ring (bicyclic) bond motifs is 1. The highest BCUT2D eigenvalue weighted by molar-refractivity contribution is 5.96. The van der Waals surface area contributed by atoms with Crippen LogP contribution in [-0.4, -0.2) is 58.4 Å². The van der Waals surface area contributed by atoms with Crippen LogP contribution in [0.5, 0.6) is 5.75 Å². The van der Waals surface area contributed by atoms with Crippen molar-refractivity contribution in [2.45, 2.75) is 0 Å². The Balaban J connectivity index is 2.35. The molecule has 1 heterocycles. The normalized spacial score (nSPS) is 10.8. The van der Waals surface area contributed by atoms with Crippen molar-refractivity contribution in [1.29, 1.82) is 0 Å². The largest absolute Gasteiger partial charge is 0.497 e. The molecule has 0 aliphatic rings. The topological polar surface area (TPSA) is 78.2 Å². The van der Waals surface area contributed by atoms with E-state index in [1.807, 2.05) is 0 Å². The number of nitrogens with zero attached hydrogens (tertiary/aromatic N) is 1. The van der Waals surface area contributed by atoms with E-state index in [0.717, 1.165) is 0 Å². The average molecular weight is 335 g/mol. The molecule has 0 saturated heterocycles. The summed E-state index contributed by atoms with van der Waals surface area (Å²) in [6, 6.07) is 6.63. The number of benzene rings is 1. The Morgan fingerprint density at radius 3 is 2.33 bits per heavy atom. The van der Waals surface area contributed by atoms with Crippen LogP contribution in [0.15, 0.2) is 33.5 Å². The van der Waals surface area contributed by atoms with Crippen LogP contribution in [0.25, 0.3) is 11.0 Å². The second-order valence-electron chi connectivity index (χ2n) is 5.13. The summed E-state index contributed by atoms with van der Waals surface area (Å²) in [6.07, 6.45) is 0. The van der Waals surface area contributed by atoms with Crippen molar-refractivity contribution < 1.29 is 23.4 Å². The third-order valence-electron chi connectivity index (χ3n) is 3.59. The highest BCUT2D eigenvalue weighted by Crippen LogP contribution is 2.20. The first-order valence-corrected chi connectivity index (χ1v) is 7.49. The maximum absolute atomic E-state index is 12.7. The minimum Gasteiger partial charge on any atom is -0.497 e. The van der Waals surface area contributed by atoms with E-state index in [9.17, 15) is 9.59 Å². The highest BCUT2D eigenvalue weighted by Gasteiger charge is 2.20. The van der Waals surface area contributed by atoms with Crippen molar-refractivity contribution in [2.24, 2.45) is 0 Å². The Kier molecular flexibility index (Phi) is 6.34. The van der Waals surface area contributed by atoms with Crippen LogP contribution < -0.4 is 10.4 Å².